The van der Waals surface area contributed by atoms with Crippen LogP contribution in [0.4, 0.5) is 0 Å². The van der Waals surface area contributed by atoms with Gasteiger partial charge in [-0.15, -0.1) is 30.6 Å². The first kappa shape index (κ1) is 20.6. The zero-order valence-electron chi connectivity index (χ0n) is 11.8. The average Bonchev–Trinajstić information content (AvgIpc) is 2.44. The van der Waals surface area contributed by atoms with E-state index in [4.69, 9.17) is 10.5 Å². The molecule has 0 radical (unpaired) electrons. The fourth-order valence-corrected chi connectivity index (χ4v) is 2.34. The number of nitrogens with two attached hydrogens (primary N) is 1. The lowest BCUT2D eigenvalue weighted by atomic mass is 10.3. The molecule has 0 saturated heterocycles. The maximum absolute atomic E-state index is 5.64. The standard InChI is InChI=1S/C14H20BrN3OS.HI/c1-2-6-17-14(16)18-7-9-20-10-8-19-13-5-3-4-12(15)11-13;/h2-5,11H,1,6-10H2,(H3,16,17,18);1H. The molecule has 0 fully saturated rings. The third-order valence-electron chi connectivity index (χ3n) is 2.24. The molecule has 4 nitrogen and oxygen atoms in total. The van der Waals surface area contributed by atoms with Crippen molar-refractivity contribution < 1.29 is 4.74 Å². The minimum Gasteiger partial charge on any atom is -0.493 e. The predicted molar refractivity (Wildman–Crippen MR) is 107 cm³/mol. The quantitative estimate of drug-likeness (QED) is 0.185. The van der Waals surface area contributed by atoms with Crippen LogP contribution in [0.25, 0.3) is 0 Å². The Morgan fingerprint density at radius 1 is 1.48 bits per heavy atom. The molecule has 1 rings (SSSR count). The summed E-state index contributed by atoms with van der Waals surface area (Å²) in [4.78, 5) is 4.20. The number of aliphatic imine (C=N–C) groups is 1. The normalized spacial score (nSPS) is 10.6. The second-order valence-electron chi connectivity index (χ2n) is 3.85. The van der Waals surface area contributed by atoms with Crippen molar-refractivity contribution in [3.05, 3.63) is 41.4 Å². The summed E-state index contributed by atoms with van der Waals surface area (Å²) in [5.74, 6) is 3.21. The van der Waals surface area contributed by atoms with Crippen LogP contribution in [0.2, 0.25) is 0 Å². The van der Waals surface area contributed by atoms with Crippen molar-refractivity contribution in [3.63, 3.8) is 0 Å². The van der Waals surface area contributed by atoms with E-state index in [-0.39, 0.29) is 24.0 Å². The fraction of sp³-hybridized carbons (Fsp3) is 0.357. The molecule has 3 N–H and O–H groups in total. The monoisotopic (exact) mass is 485 g/mol. The van der Waals surface area contributed by atoms with Gasteiger partial charge in [0.25, 0.3) is 0 Å². The van der Waals surface area contributed by atoms with Crippen molar-refractivity contribution in [1.82, 2.24) is 5.32 Å². The summed E-state index contributed by atoms with van der Waals surface area (Å²) >= 11 is 5.21. The molecule has 0 heterocycles. The maximum atomic E-state index is 5.64. The van der Waals surface area contributed by atoms with Crippen molar-refractivity contribution in [2.24, 2.45) is 10.7 Å². The molecule has 0 aliphatic heterocycles. The molecule has 0 spiro atoms. The van der Waals surface area contributed by atoms with Gasteiger partial charge in [0, 0.05) is 22.5 Å². The minimum absolute atomic E-state index is 0. The van der Waals surface area contributed by atoms with Gasteiger partial charge in [0.2, 0.25) is 0 Å². The van der Waals surface area contributed by atoms with E-state index in [1.807, 2.05) is 24.3 Å². The van der Waals surface area contributed by atoms with E-state index in [0.717, 1.165) is 21.7 Å². The number of hydrogen-bond donors (Lipinski definition) is 2. The van der Waals surface area contributed by atoms with Gasteiger partial charge < -0.3 is 15.8 Å². The van der Waals surface area contributed by atoms with Gasteiger partial charge in [0.1, 0.15) is 5.75 Å². The molecule has 0 unspecified atom stereocenters. The van der Waals surface area contributed by atoms with Crippen molar-refractivity contribution in [2.75, 3.05) is 31.2 Å². The molecule has 1 aromatic rings. The van der Waals surface area contributed by atoms with E-state index in [0.29, 0.717) is 25.7 Å². The number of rotatable bonds is 9. The number of guanidine groups is 1. The summed E-state index contributed by atoms with van der Waals surface area (Å²) in [6.45, 7) is 5.64. The van der Waals surface area contributed by atoms with E-state index in [1.54, 1.807) is 17.8 Å². The highest BCUT2D eigenvalue weighted by atomic mass is 127. The Balaban J connectivity index is 0.00000400. The van der Waals surface area contributed by atoms with E-state index < -0.39 is 0 Å². The van der Waals surface area contributed by atoms with Gasteiger partial charge in [-0.25, -0.2) is 0 Å². The summed E-state index contributed by atoms with van der Waals surface area (Å²) in [5.41, 5.74) is 5.64. The Bertz CT molecular complexity index is 446. The Hall–Kier alpha value is -0.410. The molecule has 0 aliphatic rings. The van der Waals surface area contributed by atoms with Gasteiger partial charge in [-0.05, 0) is 18.2 Å². The van der Waals surface area contributed by atoms with E-state index in [1.165, 1.54) is 0 Å². The topological polar surface area (TPSA) is 59.6 Å². The van der Waals surface area contributed by atoms with Crippen molar-refractivity contribution in [1.29, 1.82) is 0 Å². The van der Waals surface area contributed by atoms with Crippen LogP contribution in [0.1, 0.15) is 0 Å². The number of hydrogen-bond acceptors (Lipinski definition) is 3. The Labute approximate surface area is 156 Å². The van der Waals surface area contributed by atoms with Crippen molar-refractivity contribution in [2.45, 2.75) is 0 Å². The fourth-order valence-electron chi connectivity index (χ4n) is 1.34. The second-order valence-corrected chi connectivity index (χ2v) is 6.00. The van der Waals surface area contributed by atoms with Crippen LogP contribution in [0.5, 0.6) is 5.75 Å². The molecule has 0 amide bonds. The lowest BCUT2D eigenvalue weighted by Gasteiger charge is -2.06. The molecule has 118 valence electrons. The highest BCUT2D eigenvalue weighted by Gasteiger charge is 1.95. The van der Waals surface area contributed by atoms with Crippen LogP contribution < -0.4 is 15.8 Å². The number of benzene rings is 1. The maximum Gasteiger partial charge on any atom is 0.188 e. The van der Waals surface area contributed by atoms with Gasteiger partial charge in [0.05, 0.1) is 13.2 Å². The van der Waals surface area contributed by atoms with Crippen LogP contribution in [0.3, 0.4) is 0 Å². The molecular formula is C14H21BrIN3OS. The summed E-state index contributed by atoms with van der Waals surface area (Å²) in [6.07, 6.45) is 1.75. The first-order valence-electron chi connectivity index (χ1n) is 6.33. The predicted octanol–water partition coefficient (Wildman–Crippen LogP) is 3.27. The first-order chi connectivity index (χ1) is 9.72. The van der Waals surface area contributed by atoms with Crippen LogP contribution in [-0.2, 0) is 0 Å². The summed E-state index contributed by atoms with van der Waals surface area (Å²) in [5, 5.41) is 2.93. The van der Waals surface area contributed by atoms with E-state index in [9.17, 15) is 0 Å². The third kappa shape index (κ3) is 10.9. The zero-order chi connectivity index (χ0) is 14.6. The molecule has 21 heavy (non-hydrogen) atoms. The Morgan fingerprint density at radius 2 is 2.29 bits per heavy atom. The minimum atomic E-state index is 0. The molecule has 0 saturated carbocycles. The Kier molecular flexibility index (Phi) is 13.0. The lowest BCUT2D eigenvalue weighted by Crippen LogP contribution is -2.31. The summed E-state index contributed by atoms with van der Waals surface area (Å²) in [6, 6.07) is 7.84. The van der Waals surface area contributed by atoms with E-state index in [2.05, 4.69) is 32.8 Å². The number of halogens is 2. The van der Waals surface area contributed by atoms with Gasteiger partial charge in [-0.3, -0.25) is 4.99 Å². The van der Waals surface area contributed by atoms with Crippen LogP contribution >= 0.6 is 51.7 Å². The molecule has 0 aliphatic carbocycles. The third-order valence-corrected chi connectivity index (χ3v) is 3.66. The van der Waals surface area contributed by atoms with Gasteiger partial charge in [-0.2, -0.15) is 11.8 Å². The van der Waals surface area contributed by atoms with Crippen LogP contribution in [0.15, 0.2) is 46.4 Å². The highest BCUT2D eigenvalue weighted by molar-refractivity contribution is 14.0. The highest BCUT2D eigenvalue weighted by Crippen LogP contribution is 2.17. The largest absolute Gasteiger partial charge is 0.493 e. The Morgan fingerprint density at radius 3 is 3.00 bits per heavy atom. The van der Waals surface area contributed by atoms with Gasteiger partial charge in [0.15, 0.2) is 5.96 Å². The SMILES string of the molecule is C=CCNC(N)=NCCSCCOc1cccc(Br)c1.I. The number of nitrogens with one attached hydrogen (secondary N) is 1. The second kappa shape index (κ2) is 13.3. The zero-order valence-corrected chi connectivity index (χ0v) is 16.5. The number of nitrogens with zero attached hydrogens (tertiary/aromatic N) is 1. The van der Waals surface area contributed by atoms with Crippen LogP contribution in [0, 0.1) is 0 Å². The van der Waals surface area contributed by atoms with Gasteiger partial charge >= 0.3 is 0 Å². The molecule has 7 heteroatoms. The summed E-state index contributed by atoms with van der Waals surface area (Å²) < 4.78 is 6.66. The molecule has 0 bridgehead atoms. The molecule has 1 aromatic carbocycles. The number of ether oxygens (including phenoxy) is 1. The smallest absolute Gasteiger partial charge is 0.188 e. The van der Waals surface area contributed by atoms with Crippen LogP contribution in [-0.4, -0.2) is 37.2 Å². The van der Waals surface area contributed by atoms with E-state index >= 15 is 0 Å². The van der Waals surface area contributed by atoms with Crippen molar-refractivity contribution in [3.8, 4) is 5.75 Å². The molecular weight excluding hydrogens is 465 g/mol. The molecule has 0 atom stereocenters. The van der Waals surface area contributed by atoms with Crippen molar-refractivity contribution >= 4 is 57.6 Å². The lowest BCUT2D eigenvalue weighted by molar-refractivity contribution is 0.344. The molecule has 0 aromatic heterocycles. The number of thioether (sulfide) groups is 1. The van der Waals surface area contributed by atoms with Gasteiger partial charge in [-0.1, -0.05) is 28.1 Å². The summed E-state index contributed by atoms with van der Waals surface area (Å²) in [7, 11) is 0. The first-order valence-corrected chi connectivity index (χ1v) is 8.28. The average molecular weight is 486 g/mol.